The molecule has 0 amide bonds. The molecule has 0 radical (unpaired) electrons. The Bertz CT molecular complexity index is 373. The number of aryl methyl sites for hydroxylation is 1. The second-order valence-corrected chi connectivity index (χ2v) is 9.29. The zero-order chi connectivity index (χ0) is 15.4. The summed E-state index contributed by atoms with van der Waals surface area (Å²) in [5, 5.41) is 13.8. The first kappa shape index (κ1) is 18.6. The van der Waals surface area contributed by atoms with Crippen molar-refractivity contribution in [2.75, 3.05) is 0 Å². The topological polar surface area (TPSA) is 23.1 Å². The van der Waals surface area contributed by atoms with Crippen molar-refractivity contribution in [3.8, 4) is 5.75 Å². The summed E-state index contributed by atoms with van der Waals surface area (Å²) in [6.07, 6.45) is 0. The van der Waals surface area contributed by atoms with Crippen molar-refractivity contribution >= 4 is 0 Å². The third-order valence-corrected chi connectivity index (χ3v) is 2.85. The van der Waals surface area contributed by atoms with Gasteiger partial charge in [0.05, 0.1) is 0 Å². The third-order valence-electron chi connectivity index (χ3n) is 2.85. The third kappa shape index (κ3) is 5.65. The van der Waals surface area contributed by atoms with Crippen LogP contribution in [0.3, 0.4) is 0 Å². The Morgan fingerprint density at radius 3 is 1.42 bits per heavy atom. The molecule has 0 aliphatic heterocycles. The van der Waals surface area contributed by atoms with Gasteiger partial charge in [-0.1, -0.05) is 59.2 Å². The first-order valence-electron chi connectivity index (χ1n) is 7.07. The fraction of sp³-hybridized carbons (Fsp3) is 0.647. The summed E-state index contributed by atoms with van der Waals surface area (Å²) in [6.45, 7) is 16.8. The van der Waals surface area contributed by atoms with Gasteiger partial charge in [0.15, 0.2) is 0 Å². The van der Waals surface area contributed by atoms with Crippen molar-refractivity contribution in [1.82, 2.24) is 0 Å². The Labute approximate surface area is 129 Å². The number of rotatable bonds is 0. The predicted molar refractivity (Wildman–Crippen MR) is 78.5 cm³/mol. The normalized spacial score (nSPS) is 11.9. The van der Waals surface area contributed by atoms with Gasteiger partial charge in [-0.05, 0) is 28.9 Å². The Balaban J connectivity index is 0.000000982. The van der Waals surface area contributed by atoms with Crippen LogP contribution in [0.1, 0.15) is 65.2 Å². The van der Waals surface area contributed by atoms with Crippen molar-refractivity contribution in [2.24, 2.45) is 0 Å². The van der Waals surface area contributed by atoms with Crippen LogP contribution in [0.15, 0.2) is 12.1 Å². The van der Waals surface area contributed by atoms with Gasteiger partial charge in [0.1, 0.15) is 0 Å². The van der Waals surface area contributed by atoms with Crippen molar-refractivity contribution in [3.05, 3.63) is 28.8 Å². The Morgan fingerprint density at radius 1 is 0.947 bits per heavy atom. The molecule has 1 aromatic carbocycles. The van der Waals surface area contributed by atoms with E-state index in [0.29, 0.717) is 0 Å². The second kappa shape index (κ2) is 6.88. The Kier molecular flexibility index (Phi) is 6.76. The maximum Gasteiger partial charge on any atom is -0.0138 e. The van der Waals surface area contributed by atoms with Gasteiger partial charge in [0, 0.05) is 0 Å². The van der Waals surface area contributed by atoms with Gasteiger partial charge in [0.25, 0.3) is 0 Å². The van der Waals surface area contributed by atoms with Gasteiger partial charge in [-0.25, -0.2) is 0 Å². The molecular formula is C17H28OZn. The molecule has 1 nitrogen and oxygen atoms in total. The predicted octanol–water partition coefficient (Wildman–Crippen LogP) is 4.64. The molecule has 0 aromatic heterocycles. The molecule has 0 saturated carbocycles. The zero-order valence-corrected chi connectivity index (χ0v) is 16.9. The summed E-state index contributed by atoms with van der Waals surface area (Å²) in [4.78, 5) is 0. The van der Waals surface area contributed by atoms with Crippen LogP contribution in [0.4, 0.5) is 0 Å². The standard InChI is InChI=1S/C15H24O.C2H5.Zn/c1-10-8-11(14(2,3)4)13(16)12(9-10)15(5,6)7;1-2;/h8-9,16H,1-7H3;1H2,2H3;/q;;+1/p-1. The maximum absolute atomic E-state index is 12.4. The van der Waals surface area contributed by atoms with Gasteiger partial charge in [-0.3, -0.25) is 0 Å². The van der Waals surface area contributed by atoms with Crippen LogP contribution in [-0.2, 0) is 29.1 Å². The largest absolute Gasteiger partial charge is 0.872 e. The van der Waals surface area contributed by atoms with Gasteiger partial charge < -0.3 is 5.11 Å². The monoisotopic (exact) mass is 312 g/mol. The minimum absolute atomic E-state index is 0.0803. The van der Waals surface area contributed by atoms with E-state index in [1.165, 1.54) is 28.9 Å². The molecule has 0 bridgehead atoms. The van der Waals surface area contributed by atoms with Crippen LogP contribution >= 0.6 is 0 Å². The Morgan fingerprint density at radius 2 is 1.21 bits per heavy atom. The fourth-order valence-corrected chi connectivity index (χ4v) is 1.89. The van der Waals surface area contributed by atoms with Crippen molar-refractivity contribution in [3.63, 3.8) is 0 Å². The molecule has 1 rings (SSSR count). The van der Waals surface area contributed by atoms with Gasteiger partial charge >= 0.3 is 30.2 Å². The number of hydrogen-bond acceptors (Lipinski definition) is 1. The minimum atomic E-state index is -0.0803. The van der Waals surface area contributed by atoms with E-state index in [2.05, 4.69) is 55.4 Å². The van der Waals surface area contributed by atoms with Crippen LogP contribution in [0.25, 0.3) is 0 Å². The summed E-state index contributed by atoms with van der Waals surface area (Å²) in [5.74, 6) is 0.214. The molecule has 0 saturated heterocycles. The minimum Gasteiger partial charge on any atom is -0.872 e. The molecule has 2 heteroatoms. The molecule has 0 spiro atoms. The van der Waals surface area contributed by atoms with Crippen LogP contribution in [-0.4, -0.2) is 0 Å². The molecule has 0 aliphatic carbocycles. The van der Waals surface area contributed by atoms with E-state index >= 15 is 0 Å². The average molecular weight is 314 g/mol. The first-order valence-corrected chi connectivity index (χ1v) is 9.16. The number of benzene rings is 1. The molecule has 0 fully saturated rings. The van der Waals surface area contributed by atoms with E-state index in [0.717, 1.165) is 11.1 Å². The molecule has 0 atom stereocenters. The smallest absolute Gasteiger partial charge is 0.0138 e. The molecule has 0 unspecified atom stereocenters. The average Bonchev–Trinajstić information content (AvgIpc) is 2.19. The maximum atomic E-state index is 12.4. The molecular weight excluding hydrogens is 286 g/mol. The molecule has 104 valence electrons. The van der Waals surface area contributed by atoms with Crippen molar-refractivity contribution in [2.45, 2.75) is 71.2 Å². The van der Waals surface area contributed by atoms with Crippen LogP contribution < -0.4 is 5.11 Å². The summed E-state index contributed by atoms with van der Waals surface area (Å²) >= 11 is 1.44. The molecule has 0 heterocycles. The number of hydrogen-bond donors (Lipinski definition) is 0. The molecule has 19 heavy (non-hydrogen) atoms. The summed E-state index contributed by atoms with van der Waals surface area (Å²) in [5.41, 5.74) is 2.87. The Hall–Kier alpha value is -0.357. The molecule has 0 N–H and O–H groups in total. The van der Waals surface area contributed by atoms with E-state index < -0.39 is 0 Å². The van der Waals surface area contributed by atoms with E-state index in [9.17, 15) is 5.11 Å². The summed E-state index contributed by atoms with van der Waals surface area (Å²) in [7, 11) is 0. The second-order valence-electron chi connectivity index (χ2n) is 7.19. The summed E-state index contributed by atoms with van der Waals surface area (Å²) in [6, 6.07) is 4.05. The van der Waals surface area contributed by atoms with E-state index in [1.807, 2.05) is 12.1 Å². The van der Waals surface area contributed by atoms with Crippen LogP contribution in [0, 0.1) is 6.92 Å². The van der Waals surface area contributed by atoms with Crippen molar-refractivity contribution in [1.29, 1.82) is 0 Å². The summed E-state index contributed by atoms with van der Waals surface area (Å²) < 4.78 is 0. The van der Waals surface area contributed by atoms with E-state index in [4.69, 9.17) is 0 Å². The fourth-order valence-electron chi connectivity index (χ4n) is 1.89. The van der Waals surface area contributed by atoms with Gasteiger partial charge in [0.2, 0.25) is 0 Å². The first-order chi connectivity index (χ1) is 8.45. The van der Waals surface area contributed by atoms with Crippen LogP contribution in [0.5, 0.6) is 5.75 Å². The van der Waals surface area contributed by atoms with Crippen molar-refractivity contribution < 1.29 is 23.4 Å². The zero-order valence-electron chi connectivity index (χ0n) is 14.0. The van der Waals surface area contributed by atoms with Gasteiger partial charge in [-0.2, -0.15) is 0 Å². The molecule has 0 aliphatic rings. The van der Waals surface area contributed by atoms with E-state index in [1.54, 1.807) is 0 Å². The quantitative estimate of drug-likeness (QED) is 0.640. The van der Waals surface area contributed by atoms with E-state index in [-0.39, 0.29) is 16.6 Å². The van der Waals surface area contributed by atoms with Gasteiger partial charge in [-0.15, -0.1) is 5.75 Å². The SMILES string of the molecule is C[CH2][Zn+].Cc1cc(C(C)(C)C)c([O-])c(C(C)(C)C)c1. The van der Waals surface area contributed by atoms with Crippen LogP contribution in [0.2, 0.25) is 5.02 Å². The molecule has 1 aromatic rings.